The maximum atomic E-state index is 5.36. The highest BCUT2D eigenvalue weighted by molar-refractivity contribution is 14.0. The van der Waals surface area contributed by atoms with Crippen molar-refractivity contribution in [3.8, 4) is 11.5 Å². The van der Waals surface area contributed by atoms with Crippen LogP contribution in [0.3, 0.4) is 0 Å². The third kappa shape index (κ3) is 6.68. The minimum atomic E-state index is 0. The van der Waals surface area contributed by atoms with E-state index in [0.717, 1.165) is 42.5 Å². The molecule has 0 fully saturated rings. The molecule has 1 heterocycles. The van der Waals surface area contributed by atoms with Crippen molar-refractivity contribution in [2.75, 3.05) is 34.4 Å². The number of guanidine groups is 1. The molecule has 0 atom stereocenters. The molecule has 0 bridgehead atoms. The largest absolute Gasteiger partial charge is 0.493 e. The summed E-state index contributed by atoms with van der Waals surface area (Å²) in [5.74, 6) is 2.37. The van der Waals surface area contributed by atoms with E-state index in [-0.39, 0.29) is 24.0 Å². The van der Waals surface area contributed by atoms with Gasteiger partial charge in [0.15, 0.2) is 17.5 Å². The number of rotatable bonds is 8. The predicted octanol–water partition coefficient (Wildman–Crippen LogP) is 4.02. The number of nitrogens with zero attached hydrogens (tertiary/aromatic N) is 2. The van der Waals surface area contributed by atoms with E-state index >= 15 is 0 Å². The number of halogens is 1. The van der Waals surface area contributed by atoms with Crippen molar-refractivity contribution in [2.45, 2.75) is 19.9 Å². The van der Waals surface area contributed by atoms with E-state index in [1.54, 1.807) is 25.6 Å². The molecule has 1 aromatic heterocycles. The third-order valence-electron chi connectivity index (χ3n) is 3.83. The lowest BCUT2D eigenvalue weighted by molar-refractivity contribution is 0.354. The van der Waals surface area contributed by atoms with Crippen LogP contribution in [-0.2, 0) is 13.0 Å². The molecule has 0 unspecified atom stereocenters. The van der Waals surface area contributed by atoms with Crippen molar-refractivity contribution in [2.24, 2.45) is 4.99 Å². The Labute approximate surface area is 177 Å². The lowest BCUT2D eigenvalue weighted by Crippen LogP contribution is -2.39. The number of hydrogen-bond acceptors (Lipinski definition) is 4. The maximum Gasteiger partial charge on any atom is 0.193 e. The first-order valence-electron chi connectivity index (χ1n) is 8.40. The molecule has 0 aliphatic heterocycles. The maximum absolute atomic E-state index is 5.36. The van der Waals surface area contributed by atoms with Gasteiger partial charge in [-0.15, -0.1) is 35.3 Å². The minimum Gasteiger partial charge on any atom is -0.493 e. The van der Waals surface area contributed by atoms with Crippen LogP contribution in [-0.4, -0.2) is 45.2 Å². The van der Waals surface area contributed by atoms with Gasteiger partial charge in [0.25, 0.3) is 0 Å². The molecule has 0 aliphatic rings. The monoisotopic (exact) mass is 489 g/mol. The van der Waals surface area contributed by atoms with Gasteiger partial charge < -0.3 is 19.7 Å². The second-order valence-corrected chi connectivity index (χ2v) is 6.64. The summed E-state index contributed by atoms with van der Waals surface area (Å²) in [6.07, 6.45) is 1.02. The fourth-order valence-corrected chi connectivity index (χ4v) is 3.15. The van der Waals surface area contributed by atoms with E-state index in [1.165, 1.54) is 4.88 Å². The van der Waals surface area contributed by atoms with E-state index in [1.807, 2.05) is 18.2 Å². The van der Waals surface area contributed by atoms with Gasteiger partial charge in [-0.05, 0) is 42.5 Å². The average Bonchev–Trinajstić information content (AvgIpc) is 3.16. The molecule has 0 radical (unpaired) electrons. The molecule has 144 valence electrons. The molecule has 1 N–H and O–H groups in total. The number of likely N-dealkylation sites (N-methyl/N-ethyl adjacent to an activating group) is 1. The molecule has 1 aromatic carbocycles. The first-order chi connectivity index (χ1) is 12.2. The van der Waals surface area contributed by atoms with E-state index in [0.29, 0.717) is 6.54 Å². The average molecular weight is 489 g/mol. The fraction of sp³-hybridized carbons (Fsp3) is 0.421. The van der Waals surface area contributed by atoms with Crippen molar-refractivity contribution >= 4 is 41.3 Å². The molecule has 5 nitrogen and oxygen atoms in total. The SMILES string of the molecule is CCNC(=NCc1ccc(OC)c(OC)c1)N(C)CCc1cccs1.I. The lowest BCUT2D eigenvalue weighted by atomic mass is 10.2. The molecule has 2 aromatic rings. The van der Waals surface area contributed by atoms with Crippen LogP contribution in [0.1, 0.15) is 17.4 Å². The number of methoxy groups -OCH3 is 2. The van der Waals surface area contributed by atoms with Gasteiger partial charge in [0.05, 0.1) is 20.8 Å². The van der Waals surface area contributed by atoms with Crippen LogP contribution in [0, 0.1) is 0 Å². The Bertz CT molecular complexity index is 677. The van der Waals surface area contributed by atoms with Crippen LogP contribution in [0.5, 0.6) is 11.5 Å². The normalized spacial score (nSPS) is 10.8. The van der Waals surface area contributed by atoms with Crippen molar-refractivity contribution in [3.05, 3.63) is 46.2 Å². The smallest absolute Gasteiger partial charge is 0.193 e. The van der Waals surface area contributed by atoms with Crippen molar-refractivity contribution in [3.63, 3.8) is 0 Å². The molecule has 0 spiro atoms. The highest BCUT2D eigenvalue weighted by Gasteiger charge is 2.08. The summed E-state index contributed by atoms with van der Waals surface area (Å²) in [6, 6.07) is 10.2. The van der Waals surface area contributed by atoms with Crippen LogP contribution in [0.4, 0.5) is 0 Å². The highest BCUT2D eigenvalue weighted by atomic mass is 127. The van der Waals surface area contributed by atoms with Gasteiger partial charge >= 0.3 is 0 Å². The fourth-order valence-electron chi connectivity index (χ4n) is 2.45. The molecule has 7 heteroatoms. The van der Waals surface area contributed by atoms with E-state index in [4.69, 9.17) is 14.5 Å². The predicted molar refractivity (Wildman–Crippen MR) is 120 cm³/mol. The Morgan fingerprint density at radius 1 is 1.19 bits per heavy atom. The van der Waals surface area contributed by atoms with Gasteiger partial charge in [-0.1, -0.05) is 12.1 Å². The standard InChI is InChI=1S/C19H27N3O2S.HI/c1-5-20-19(22(2)11-10-16-7-6-12-25-16)21-14-15-8-9-17(23-3)18(13-15)24-4;/h6-9,12-13H,5,10-11,14H2,1-4H3,(H,20,21);1H. The van der Waals surface area contributed by atoms with Gasteiger partial charge in [-0.2, -0.15) is 0 Å². The van der Waals surface area contributed by atoms with Crippen molar-refractivity contribution in [1.82, 2.24) is 10.2 Å². The summed E-state index contributed by atoms with van der Waals surface area (Å²) in [6.45, 7) is 4.44. The Balaban J connectivity index is 0.00000338. The number of aliphatic imine (C=N–C) groups is 1. The molecule has 26 heavy (non-hydrogen) atoms. The minimum absolute atomic E-state index is 0. The molecular weight excluding hydrogens is 461 g/mol. The molecule has 0 saturated carbocycles. The Kier molecular flexibility index (Phi) is 10.4. The first-order valence-corrected chi connectivity index (χ1v) is 9.28. The summed E-state index contributed by atoms with van der Waals surface area (Å²) in [5.41, 5.74) is 1.08. The number of hydrogen-bond donors (Lipinski definition) is 1. The zero-order valence-corrected chi connectivity index (χ0v) is 19.0. The summed E-state index contributed by atoms with van der Waals surface area (Å²) in [7, 11) is 5.36. The Morgan fingerprint density at radius 2 is 1.96 bits per heavy atom. The van der Waals surface area contributed by atoms with E-state index < -0.39 is 0 Å². The van der Waals surface area contributed by atoms with Crippen molar-refractivity contribution in [1.29, 1.82) is 0 Å². The van der Waals surface area contributed by atoms with Gasteiger partial charge in [-0.3, -0.25) is 0 Å². The van der Waals surface area contributed by atoms with Gasteiger partial charge in [0, 0.05) is 25.0 Å². The zero-order chi connectivity index (χ0) is 18.1. The lowest BCUT2D eigenvalue weighted by Gasteiger charge is -2.22. The van der Waals surface area contributed by atoms with Crippen LogP contribution < -0.4 is 14.8 Å². The molecule has 2 rings (SSSR count). The molecule has 0 saturated heterocycles. The second kappa shape index (κ2) is 12.0. The number of nitrogens with one attached hydrogen (secondary N) is 1. The zero-order valence-electron chi connectivity index (χ0n) is 15.8. The van der Waals surface area contributed by atoms with Crippen LogP contribution in [0.2, 0.25) is 0 Å². The Morgan fingerprint density at radius 3 is 2.58 bits per heavy atom. The van der Waals surface area contributed by atoms with Crippen LogP contribution in [0.25, 0.3) is 0 Å². The van der Waals surface area contributed by atoms with Crippen LogP contribution >= 0.6 is 35.3 Å². The molecule has 0 aliphatic carbocycles. The number of benzene rings is 1. The van der Waals surface area contributed by atoms with E-state index in [9.17, 15) is 0 Å². The Hall–Kier alpha value is -1.48. The quantitative estimate of drug-likeness (QED) is 0.346. The van der Waals surface area contributed by atoms with E-state index in [2.05, 4.69) is 41.7 Å². The topological polar surface area (TPSA) is 46.1 Å². The number of ether oxygens (including phenoxy) is 2. The van der Waals surface area contributed by atoms with Gasteiger partial charge in [0.2, 0.25) is 0 Å². The highest BCUT2D eigenvalue weighted by Crippen LogP contribution is 2.27. The van der Waals surface area contributed by atoms with Gasteiger partial charge in [0.1, 0.15) is 0 Å². The molecular formula is C19H28IN3O2S. The molecule has 0 amide bonds. The third-order valence-corrected chi connectivity index (χ3v) is 4.77. The van der Waals surface area contributed by atoms with Gasteiger partial charge in [-0.25, -0.2) is 4.99 Å². The summed E-state index contributed by atoms with van der Waals surface area (Å²) >= 11 is 1.80. The second-order valence-electron chi connectivity index (χ2n) is 5.61. The van der Waals surface area contributed by atoms with Crippen LogP contribution in [0.15, 0.2) is 40.7 Å². The summed E-state index contributed by atoms with van der Waals surface area (Å²) in [4.78, 5) is 8.31. The first kappa shape index (κ1) is 22.6. The number of thiophene rings is 1. The van der Waals surface area contributed by atoms with Crippen molar-refractivity contribution < 1.29 is 9.47 Å². The summed E-state index contributed by atoms with van der Waals surface area (Å²) < 4.78 is 10.6. The summed E-state index contributed by atoms with van der Waals surface area (Å²) in [5, 5.41) is 5.47.